The molecule has 94 valence electrons. The number of carboxylic acids is 1. The van der Waals surface area contributed by atoms with Crippen LogP contribution in [0.2, 0.25) is 0 Å². The molecule has 0 fully saturated rings. The van der Waals surface area contributed by atoms with E-state index in [0.29, 0.717) is 5.56 Å². The number of aromatic carboxylic acids is 1. The van der Waals surface area contributed by atoms with E-state index in [1.807, 2.05) is 0 Å². The fraction of sp³-hybridized carbons (Fsp3) is 0.417. The van der Waals surface area contributed by atoms with Gasteiger partial charge < -0.3 is 14.9 Å². The van der Waals surface area contributed by atoms with E-state index in [4.69, 9.17) is 9.84 Å². The van der Waals surface area contributed by atoms with Crippen molar-refractivity contribution in [3.05, 3.63) is 29.1 Å². The number of halogens is 1. The summed E-state index contributed by atoms with van der Waals surface area (Å²) in [6.07, 6.45) is 0. The summed E-state index contributed by atoms with van der Waals surface area (Å²) in [6.45, 7) is 3.18. The lowest BCUT2D eigenvalue weighted by Gasteiger charge is -2.23. The molecular formula is C12H15FO4. The van der Waals surface area contributed by atoms with Gasteiger partial charge in [-0.15, -0.1) is 0 Å². The summed E-state index contributed by atoms with van der Waals surface area (Å²) in [6, 6.07) is 2.50. The van der Waals surface area contributed by atoms with Gasteiger partial charge in [0, 0.05) is 5.41 Å². The van der Waals surface area contributed by atoms with Gasteiger partial charge in [-0.1, -0.05) is 13.8 Å². The standard InChI is InChI=1S/C12H15FO4/c1-12(2,6-14)7-4-8(11(15)16)10(17-3)9(13)5-7/h4-5,14H,6H2,1-3H3,(H,15,16). The maximum atomic E-state index is 13.7. The quantitative estimate of drug-likeness (QED) is 0.844. The second-order valence-electron chi connectivity index (χ2n) is 4.39. The summed E-state index contributed by atoms with van der Waals surface area (Å²) in [7, 11) is 1.21. The molecule has 0 aliphatic rings. The molecule has 1 rings (SSSR count). The third kappa shape index (κ3) is 2.55. The predicted molar refractivity (Wildman–Crippen MR) is 60.0 cm³/mol. The first-order chi connectivity index (χ1) is 7.83. The number of ether oxygens (including phenoxy) is 1. The Kier molecular flexibility index (Phi) is 3.72. The van der Waals surface area contributed by atoms with Crippen molar-refractivity contribution in [3.63, 3.8) is 0 Å². The van der Waals surface area contributed by atoms with Gasteiger partial charge in [0.15, 0.2) is 11.6 Å². The van der Waals surface area contributed by atoms with E-state index in [1.54, 1.807) is 13.8 Å². The molecule has 5 heteroatoms. The van der Waals surface area contributed by atoms with Crippen molar-refractivity contribution in [1.29, 1.82) is 0 Å². The number of rotatable bonds is 4. The lowest BCUT2D eigenvalue weighted by Crippen LogP contribution is -2.23. The predicted octanol–water partition coefficient (Wildman–Crippen LogP) is 1.80. The highest BCUT2D eigenvalue weighted by molar-refractivity contribution is 5.91. The summed E-state index contributed by atoms with van der Waals surface area (Å²) < 4.78 is 18.4. The molecule has 1 aromatic carbocycles. The van der Waals surface area contributed by atoms with Crippen LogP contribution in [-0.4, -0.2) is 29.9 Å². The molecule has 0 radical (unpaired) electrons. The molecule has 0 unspecified atom stereocenters. The van der Waals surface area contributed by atoms with E-state index in [-0.39, 0.29) is 17.9 Å². The Labute approximate surface area is 98.7 Å². The van der Waals surface area contributed by atoms with Gasteiger partial charge in [-0.05, 0) is 17.7 Å². The second-order valence-corrected chi connectivity index (χ2v) is 4.39. The van der Waals surface area contributed by atoms with Crippen LogP contribution >= 0.6 is 0 Å². The first-order valence-electron chi connectivity index (χ1n) is 5.05. The number of aliphatic hydroxyl groups is 1. The summed E-state index contributed by atoms with van der Waals surface area (Å²) >= 11 is 0. The van der Waals surface area contributed by atoms with Crippen molar-refractivity contribution in [2.45, 2.75) is 19.3 Å². The fourth-order valence-electron chi connectivity index (χ4n) is 1.44. The van der Waals surface area contributed by atoms with Gasteiger partial charge in [-0.2, -0.15) is 0 Å². The summed E-state index contributed by atoms with van der Waals surface area (Å²) in [4.78, 5) is 11.0. The maximum absolute atomic E-state index is 13.7. The number of hydrogen-bond donors (Lipinski definition) is 2. The minimum Gasteiger partial charge on any atom is -0.493 e. The average Bonchev–Trinajstić information content (AvgIpc) is 2.27. The minimum atomic E-state index is -1.27. The van der Waals surface area contributed by atoms with Gasteiger partial charge in [0.05, 0.1) is 13.7 Å². The van der Waals surface area contributed by atoms with Gasteiger partial charge in [0.25, 0.3) is 0 Å². The van der Waals surface area contributed by atoms with Crippen LogP contribution in [0.25, 0.3) is 0 Å². The maximum Gasteiger partial charge on any atom is 0.339 e. The lowest BCUT2D eigenvalue weighted by atomic mass is 9.84. The Morgan fingerprint density at radius 3 is 2.47 bits per heavy atom. The van der Waals surface area contributed by atoms with Gasteiger partial charge >= 0.3 is 5.97 Å². The van der Waals surface area contributed by atoms with Crippen molar-refractivity contribution in [3.8, 4) is 5.75 Å². The minimum absolute atomic E-state index is 0.210. The molecule has 0 heterocycles. The zero-order chi connectivity index (χ0) is 13.2. The molecule has 17 heavy (non-hydrogen) atoms. The Morgan fingerprint density at radius 2 is 2.06 bits per heavy atom. The van der Waals surface area contributed by atoms with Crippen LogP contribution in [0.15, 0.2) is 12.1 Å². The molecule has 2 N–H and O–H groups in total. The van der Waals surface area contributed by atoms with Crippen molar-refractivity contribution in [1.82, 2.24) is 0 Å². The SMILES string of the molecule is COc1c(F)cc(C(C)(C)CO)cc1C(=O)O. The number of carbonyl (C=O) groups is 1. The normalized spacial score (nSPS) is 11.4. The van der Waals surface area contributed by atoms with Crippen molar-refractivity contribution < 1.29 is 24.1 Å². The molecule has 4 nitrogen and oxygen atoms in total. The number of methoxy groups -OCH3 is 1. The topological polar surface area (TPSA) is 66.8 Å². The van der Waals surface area contributed by atoms with E-state index >= 15 is 0 Å². The molecule has 0 aromatic heterocycles. The number of aliphatic hydroxyl groups excluding tert-OH is 1. The highest BCUT2D eigenvalue weighted by Gasteiger charge is 2.25. The molecule has 0 amide bonds. The van der Waals surface area contributed by atoms with Gasteiger partial charge in [-0.3, -0.25) is 0 Å². The first-order valence-corrected chi connectivity index (χ1v) is 5.05. The van der Waals surface area contributed by atoms with E-state index in [2.05, 4.69) is 0 Å². The van der Waals surface area contributed by atoms with Crippen molar-refractivity contribution in [2.24, 2.45) is 0 Å². The summed E-state index contributed by atoms with van der Waals surface area (Å²) in [5.74, 6) is -2.31. The van der Waals surface area contributed by atoms with Crippen molar-refractivity contribution in [2.75, 3.05) is 13.7 Å². The van der Waals surface area contributed by atoms with E-state index in [0.717, 1.165) is 0 Å². The zero-order valence-corrected chi connectivity index (χ0v) is 9.95. The first kappa shape index (κ1) is 13.4. The third-order valence-electron chi connectivity index (χ3n) is 2.65. The third-order valence-corrected chi connectivity index (χ3v) is 2.65. The van der Waals surface area contributed by atoms with E-state index in [9.17, 15) is 14.3 Å². The lowest BCUT2D eigenvalue weighted by molar-refractivity contribution is 0.0692. The van der Waals surface area contributed by atoms with Gasteiger partial charge in [0.1, 0.15) is 5.56 Å². The smallest absolute Gasteiger partial charge is 0.339 e. The molecule has 0 bridgehead atoms. The molecule has 0 aliphatic carbocycles. The highest BCUT2D eigenvalue weighted by atomic mass is 19.1. The Balaban J connectivity index is 3.44. The van der Waals surface area contributed by atoms with Gasteiger partial charge in [-0.25, -0.2) is 9.18 Å². The number of hydrogen-bond acceptors (Lipinski definition) is 3. The molecule has 0 saturated carbocycles. The molecule has 0 aliphatic heterocycles. The molecule has 0 saturated heterocycles. The number of carboxylic acid groups (broad SMARTS) is 1. The molecule has 0 spiro atoms. The molecule has 0 atom stereocenters. The second kappa shape index (κ2) is 4.71. The Hall–Kier alpha value is -1.62. The van der Waals surface area contributed by atoms with E-state index < -0.39 is 17.2 Å². The van der Waals surface area contributed by atoms with Crippen LogP contribution in [0.4, 0.5) is 4.39 Å². The van der Waals surface area contributed by atoms with Crippen LogP contribution in [0, 0.1) is 5.82 Å². The van der Waals surface area contributed by atoms with Crippen LogP contribution in [0.3, 0.4) is 0 Å². The fourth-order valence-corrected chi connectivity index (χ4v) is 1.44. The number of benzene rings is 1. The van der Waals surface area contributed by atoms with Gasteiger partial charge in [0.2, 0.25) is 0 Å². The summed E-state index contributed by atoms with van der Waals surface area (Å²) in [5.41, 5.74) is -0.545. The molecule has 1 aromatic rings. The Bertz CT molecular complexity index is 440. The average molecular weight is 242 g/mol. The van der Waals surface area contributed by atoms with Crippen molar-refractivity contribution >= 4 is 5.97 Å². The Morgan fingerprint density at radius 1 is 1.47 bits per heavy atom. The van der Waals surface area contributed by atoms with E-state index in [1.165, 1.54) is 19.2 Å². The summed E-state index contributed by atoms with van der Waals surface area (Å²) in [5, 5.41) is 18.2. The molecular weight excluding hydrogens is 227 g/mol. The zero-order valence-electron chi connectivity index (χ0n) is 9.95. The van der Waals surface area contributed by atoms with Crippen LogP contribution in [0.5, 0.6) is 5.75 Å². The largest absolute Gasteiger partial charge is 0.493 e. The van der Waals surface area contributed by atoms with Crippen LogP contribution in [0.1, 0.15) is 29.8 Å². The highest BCUT2D eigenvalue weighted by Crippen LogP contribution is 2.30. The monoisotopic (exact) mass is 242 g/mol. The van der Waals surface area contributed by atoms with Crippen LogP contribution in [-0.2, 0) is 5.41 Å². The van der Waals surface area contributed by atoms with Crippen LogP contribution < -0.4 is 4.74 Å².